The van der Waals surface area contributed by atoms with Gasteiger partial charge in [-0.25, -0.2) is 4.79 Å². The van der Waals surface area contributed by atoms with E-state index in [9.17, 15) is 9.90 Å². The van der Waals surface area contributed by atoms with Crippen molar-refractivity contribution in [3.05, 3.63) is 12.7 Å². The van der Waals surface area contributed by atoms with Crippen LogP contribution in [0.5, 0.6) is 0 Å². The first kappa shape index (κ1) is 15.2. The molecule has 0 saturated carbocycles. The molecule has 1 N–H and O–H groups in total. The topological polar surface area (TPSA) is 46.5 Å². The van der Waals surface area contributed by atoms with Crippen molar-refractivity contribution in [2.75, 3.05) is 6.61 Å². The van der Waals surface area contributed by atoms with Crippen molar-refractivity contribution in [3.8, 4) is 0 Å². The molecule has 0 aromatic rings. The minimum Gasteiger partial charge on any atom is -0.460 e. The number of esters is 1. The highest BCUT2D eigenvalue weighted by Crippen LogP contribution is 2.18. The molecule has 2 atom stereocenters. The third kappa shape index (κ3) is 5.91. The number of hydrogen-bond acceptors (Lipinski definition) is 3. The molecule has 0 rings (SSSR count). The van der Waals surface area contributed by atoms with Gasteiger partial charge < -0.3 is 9.84 Å². The minimum atomic E-state index is -0.984. The summed E-state index contributed by atoms with van der Waals surface area (Å²) in [6.45, 7) is 7.75. The van der Waals surface area contributed by atoms with Crippen LogP contribution in [0.1, 0.15) is 46.0 Å². The predicted molar refractivity (Wildman–Crippen MR) is 65.1 cm³/mol. The summed E-state index contributed by atoms with van der Waals surface area (Å²) >= 11 is 0. The van der Waals surface area contributed by atoms with Gasteiger partial charge in [0.05, 0.1) is 0 Å². The number of aliphatic hydroxyl groups excluding tert-OH is 1. The fourth-order valence-corrected chi connectivity index (χ4v) is 1.66. The van der Waals surface area contributed by atoms with Gasteiger partial charge >= 0.3 is 5.97 Å². The normalized spacial score (nSPS) is 14.2. The van der Waals surface area contributed by atoms with Crippen LogP contribution in [0.25, 0.3) is 0 Å². The molecule has 0 aliphatic heterocycles. The van der Waals surface area contributed by atoms with Crippen LogP contribution in [0.2, 0.25) is 0 Å². The smallest absolute Gasteiger partial charge is 0.335 e. The van der Waals surface area contributed by atoms with Crippen molar-refractivity contribution in [2.24, 2.45) is 5.92 Å². The molecule has 0 aromatic carbocycles. The maximum Gasteiger partial charge on any atom is 0.335 e. The Balaban J connectivity index is 4.01. The Kier molecular flexibility index (Phi) is 8.91. The highest BCUT2D eigenvalue weighted by atomic mass is 16.5. The highest BCUT2D eigenvalue weighted by molar-refractivity contribution is 5.74. The maximum absolute atomic E-state index is 11.4. The van der Waals surface area contributed by atoms with E-state index in [1.165, 1.54) is 6.08 Å². The van der Waals surface area contributed by atoms with Crippen LogP contribution in [0.4, 0.5) is 0 Å². The van der Waals surface area contributed by atoms with E-state index < -0.39 is 12.1 Å². The second kappa shape index (κ2) is 9.40. The molecule has 0 aromatic heterocycles. The molecule has 0 aliphatic carbocycles. The van der Waals surface area contributed by atoms with E-state index in [2.05, 4.69) is 13.5 Å². The van der Waals surface area contributed by atoms with E-state index in [1.807, 2.05) is 6.92 Å². The lowest BCUT2D eigenvalue weighted by Crippen LogP contribution is -2.31. The Labute approximate surface area is 98.5 Å². The third-order valence-electron chi connectivity index (χ3n) is 2.73. The van der Waals surface area contributed by atoms with E-state index in [0.717, 1.165) is 32.1 Å². The quantitative estimate of drug-likeness (QED) is 0.375. The Morgan fingerprint density at radius 1 is 1.44 bits per heavy atom. The average molecular weight is 228 g/mol. The van der Waals surface area contributed by atoms with Crippen LogP contribution in [-0.2, 0) is 9.53 Å². The first-order valence-corrected chi connectivity index (χ1v) is 6.12. The molecule has 0 heterocycles. The molecule has 0 spiro atoms. The lowest BCUT2D eigenvalue weighted by molar-refractivity contribution is -0.155. The van der Waals surface area contributed by atoms with Gasteiger partial charge in [-0.15, -0.1) is 0 Å². The SMILES string of the molecule is C=CCOC(=O)C(O)C(CC)CCCCC. The summed E-state index contributed by atoms with van der Waals surface area (Å²) in [6, 6.07) is 0. The van der Waals surface area contributed by atoms with Crippen molar-refractivity contribution in [2.45, 2.75) is 52.1 Å². The van der Waals surface area contributed by atoms with E-state index in [1.54, 1.807) is 0 Å². The Hall–Kier alpha value is -0.830. The van der Waals surface area contributed by atoms with E-state index in [0.29, 0.717) is 0 Å². The molecule has 0 radical (unpaired) electrons. The van der Waals surface area contributed by atoms with E-state index >= 15 is 0 Å². The monoisotopic (exact) mass is 228 g/mol. The summed E-state index contributed by atoms with van der Waals surface area (Å²) < 4.78 is 4.84. The second-order valence-corrected chi connectivity index (χ2v) is 4.03. The van der Waals surface area contributed by atoms with Crippen LogP contribution < -0.4 is 0 Å². The largest absolute Gasteiger partial charge is 0.460 e. The van der Waals surface area contributed by atoms with Gasteiger partial charge in [-0.1, -0.05) is 52.2 Å². The Bertz CT molecular complexity index is 201. The number of hydrogen-bond donors (Lipinski definition) is 1. The number of ether oxygens (including phenoxy) is 1. The fourth-order valence-electron chi connectivity index (χ4n) is 1.66. The maximum atomic E-state index is 11.4. The molecule has 3 heteroatoms. The van der Waals surface area contributed by atoms with Gasteiger partial charge in [0, 0.05) is 0 Å². The number of rotatable bonds is 9. The molecule has 0 amide bonds. The van der Waals surface area contributed by atoms with Crippen molar-refractivity contribution in [3.63, 3.8) is 0 Å². The molecule has 3 nitrogen and oxygen atoms in total. The standard InChI is InChI=1S/C13H24O3/c1-4-7-8-9-11(6-3)12(14)13(15)16-10-5-2/h5,11-12,14H,2,4,6-10H2,1,3H3. The van der Waals surface area contributed by atoms with Crippen molar-refractivity contribution >= 4 is 5.97 Å². The summed E-state index contributed by atoms with van der Waals surface area (Å²) in [5, 5.41) is 9.79. The average Bonchev–Trinajstić information content (AvgIpc) is 2.31. The first-order valence-electron chi connectivity index (χ1n) is 6.12. The minimum absolute atomic E-state index is 0.0175. The molecule has 0 aliphatic rings. The van der Waals surface area contributed by atoms with Crippen LogP contribution in [-0.4, -0.2) is 23.8 Å². The molecule has 0 bridgehead atoms. The van der Waals surface area contributed by atoms with E-state index in [4.69, 9.17) is 4.74 Å². The van der Waals surface area contributed by atoms with Gasteiger partial charge in [-0.05, 0) is 12.3 Å². The van der Waals surface area contributed by atoms with Gasteiger partial charge in [0.25, 0.3) is 0 Å². The molecule has 94 valence electrons. The van der Waals surface area contributed by atoms with Crippen molar-refractivity contribution in [1.82, 2.24) is 0 Å². The number of unbranched alkanes of at least 4 members (excludes halogenated alkanes) is 2. The lowest BCUT2D eigenvalue weighted by Gasteiger charge is -2.19. The first-order chi connectivity index (χ1) is 7.67. The van der Waals surface area contributed by atoms with Gasteiger partial charge in [0.15, 0.2) is 6.10 Å². The zero-order valence-corrected chi connectivity index (χ0v) is 10.4. The Morgan fingerprint density at radius 3 is 2.62 bits per heavy atom. The van der Waals surface area contributed by atoms with Crippen LogP contribution in [0.3, 0.4) is 0 Å². The molecular weight excluding hydrogens is 204 g/mol. The summed E-state index contributed by atoms with van der Waals surface area (Å²) in [5.74, 6) is -0.507. The van der Waals surface area contributed by atoms with Gasteiger partial charge in [0.1, 0.15) is 6.61 Å². The second-order valence-electron chi connectivity index (χ2n) is 4.03. The van der Waals surface area contributed by atoms with E-state index in [-0.39, 0.29) is 12.5 Å². The van der Waals surface area contributed by atoms with Crippen LogP contribution >= 0.6 is 0 Å². The highest BCUT2D eigenvalue weighted by Gasteiger charge is 2.25. The number of carbonyl (C=O) groups is 1. The zero-order valence-electron chi connectivity index (χ0n) is 10.4. The number of aliphatic hydroxyl groups is 1. The predicted octanol–water partition coefficient (Wildman–Crippen LogP) is 2.68. The van der Waals surface area contributed by atoms with Gasteiger partial charge in [-0.3, -0.25) is 0 Å². The van der Waals surface area contributed by atoms with Crippen molar-refractivity contribution in [1.29, 1.82) is 0 Å². The van der Waals surface area contributed by atoms with Crippen LogP contribution in [0.15, 0.2) is 12.7 Å². The van der Waals surface area contributed by atoms with Gasteiger partial charge in [0.2, 0.25) is 0 Å². The summed E-state index contributed by atoms with van der Waals surface area (Å²) in [7, 11) is 0. The Morgan fingerprint density at radius 2 is 2.12 bits per heavy atom. The van der Waals surface area contributed by atoms with Crippen molar-refractivity contribution < 1.29 is 14.6 Å². The van der Waals surface area contributed by atoms with Crippen LogP contribution in [0, 0.1) is 5.92 Å². The summed E-state index contributed by atoms with van der Waals surface area (Å²) in [5.41, 5.74) is 0. The lowest BCUT2D eigenvalue weighted by atomic mass is 9.93. The molecule has 0 saturated heterocycles. The molecule has 0 fully saturated rings. The fraction of sp³-hybridized carbons (Fsp3) is 0.769. The number of carbonyl (C=O) groups excluding carboxylic acids is 1. The molecule has 16 heavy (non-hydrogen) atoms. The molecular formula is C13H24O3. The zero-order chi connectivity index (χ0) is 12.4. The van der Waals surface area contributed by atoms with Gasteiger partial charge in [-0.2, -0.15) is 0 Å². The third-order valence-corrected chi connectivity index (χ3v) is 2.73. The summed E-state index contributed by atoms with van der Waals surface area (Å²) in [6.07, 6.45) is 5.55. The summed E-state index contributed by atoms with van der Waals surface area (Å²) in [4.78, 5) is 11.4. The molecule has 2 unspecified atom stereocenters.